The molecule has 0 bridgehead atoms. The van der Waals surface area contributed by atoms with E-state index in [2.05, 4.69) is 17.6 Å². The second kappa shape index (κ2) is 11.3. The number of nitrogens with one attached hydrogen (secondary N) is 2. The maximum atomic E-state index is 11.9. The molecule has 0 aliphatic rings. The lowest BCUT2D eigenvalue weighted by molar-refractivity contribution is -0.121. The minimum absolute atomic E-state index is 0. The summed E-state index contributed by atoms with van der Waals surface area (Å²) in [6.45, 7) is 6.42. The number of ketones is 1. The van der Waals surface area contributed by atoms with Crippen LogP contribution in [0, 0.1) is 6.92 Å². The number of hydrogen-bond donors (Lipinski definition) is 2. The van der Waals surface area contributed by atoms with Crippen LogP contribution in [0.15, 0.2) is 24.3 Å². The maximum Gasteiger partial charge on any atom is 0.220 e. The van der Waals surface area contributed by atoms with Crippen LogP contribution in [0.25, 0.3) is 0 Å². The van der Waals surface area contributed by atoms with Crippen LogP contribution in [-0.2, 0) is 4.79 Å². The average molecular weight is 313 g/mol. The summed E-state index contributed by atoms with van der Waals surface area (Å²) in [5.74, 6) is -0.0481. The number of hydrogen-bond acceptors (Lipinski definition) is 3. The van der Waals surface area contributed by atoms with E-state index in [1.807, 2.05) is 31.2 Å². The van der Waals surface area contributed by atoms with Crippen molar-refractivity contribution < 1.29 is 9.59 Å². The first kappa shape index (κ1) is 19.6. The van der Waals surface area contributed by atoms with E-state index in [4.69, 9.17) is 0 Å². The van der Waals surface area contributed by atoms with Crippen LogP contribution >= 0.6 is 12.4 Å². The summed E-state index contributed by atoms with van der Waals surface area (Å²) in [4.78, 5) is 23.5. The second-order valence-electron chi connectivity index (χ2n) is 4.89. The molecule has 118 valence electrons. The van der Waals surface area contributed by atoms with Gasteiger partial charge in [-0.25, -0.2) is 0 Å². The van der Waals surface area contributed by atoms with Crippen LogP contribution in [0.4, 0.5) is 0 Å². The Bertz CT molecular complexity index is 432. The van der Waals surface area contributed by atoms with Gasteiger partial charge in [-0.15, -0.1) is 12.4 Å². The van der Waals surface area contributed by atoms with Gasteiger partial charge in [-0.3, -0.25) is 9.59 Å². The van der Waals surface area contributed by atoms with Gasteiger partial charge >= 0.3 is 0 Å². The molecular weight excluding hydrogens is 288 g/mol. The van der Waals surface area contributed by atoms with Gasteiger partial charge in [-0.2, -0.15) is 0 Å². The predicted octanol–water partition coefficient (Wildman–Crippen LogP) is 2.50. The zero-order valence-electron chi connectivity index (χ0n) is 12.8. The summed E-state index contributed by atoms with van der Waals surface area (Å²) >= 11 is 0. The molecule has 0 spiro atoms. The number of carbonyl (C=O) groups excluding carboxylic acids is 2. The zero-order valence-corrected chi connectivity index (χ0v) is 13.6. The standard InChI is InChI=1S/C16H24N2O2.ClH/c1-3-10-17-11-12-18-16(20)9-8-15(19)14-6-4-13(2)5-7-14;/h4-7,17H,3,8-12H2,1-2H3,(H,18,20);1H. The van der Waals surface area contributed by atoms with Crippen molar-refractivity contribution in [1.82, 2.24) is 10.6 Å². The van der Waals surface area contributed by atoms with Crippen molar-refractivity contribution >= 4 is 24.1 Å². The lowest BCUT2D eigenvalue weighted by atomic mass is 10.1. The van der Waals surface area contributed by atoms with Gasteiger partial charge in [-0.05, 0) is 19.9 Å². The van der Waals surface area contributed by atoms with Gasteiger partial charge in [0.2, 0.25) is 5.91 Å². The molecule has 4 nitrogen and oxygen atoms in total. The van der Waals surface area contributed by atoms with Gasteiger partial charge < -0.3 is 10.6 Å². The number of halogens is 1. The van der Waals surface area contributed by atoms with E-state index >= 15 is 0 Å². The van der Waals surface area contributed by atoms with Gasteiger partial charge in [-0.1, -0.05) is 36.8 Å². The molecule has 2 N–H and O–H groups in total. The third kappa shape index (κ3) is 8.48. The Kier molecular flexibility index (Phi) is 10.5. The smallest absolute Gasteiger partial charge is 0.220 e. The summed E-state index contributed by atoms with van der Waals surface area (Å²) in [6.07, 6.45) is 1.59. The van der Waals surface area contributed by atoms with E-state index in [1.165, 1.54) is 0 Å². The molecule has 0 saturated heterocycles. The number of rotatable bonds is 9. The molecule has 0 radical (unpaired) electrons. The van der Waals surface area contributed by atoms with Crippen molar-refractivity contribution in [3.05, 3.63) is 35.4 Å². The van der Waals surface area contributed by atoms with Crippen LogP contribution in [0.2, 0.25) is 0 Å². The highest BCUT2D eigenvalue weighted by molar-refractivity contribution is 5.97. The zero-order chi connectivity index (χ0) is 14.8. The van der Waals surface area contributed by atoms with Gasteiger partial charge in [0.25, 0.3) is 0 Å². The molecule has 1 aromatic carbocycles. The Labute approximate surface area is 133 Å². The topological polar surface area (TPSA) is 58.2 Å². The lowest BCUT2D eigenvalue weighted by Crippen LogP contribution is -2.32. The Balaban J connectivity index is 0.00000400. The quantitative estimate of drug-likeness (QED) is 0.544. The first-order chi connectivity index (χ1) is 9.63. The molecule has 0 heterocycles. The molecule has 0 aliphatic heterocycles. The number of benzene rings is 1. The summed E-state index contributed by atoms with van der Waals surface area (Å²) < 4.78 is 0. The first-order valence-electron chi connectivity index (χ1n) is 7.20. The molecular formula is C16H25ClN2O2. The number of carbonyl (C=O) groups is 2. The molecule has 0 saturated carbocycles. The van der Waals surface area contributed by atoms with E-state index in [0.717, 1.165) is 25.1 Å². The maximum absolute atomic E-state index is 11.9. The van der Waals surface area contributed by atoms with E-state index in [0.29, 0.717) is 12.1 Å². The fraction of sp³-hybridized carbons (Fsp3) is 0.500. The molecule has 21 heavy (non-hydrogen) atoms. The Morgan fingerprint density at radius 2 is 1.67 bits per heavy atom. The molecule has 0 aromatic heterocycles. The van der Waals surface area contributed by atoms with Crippen LogP contribution < -0.4 is 10.6 Å². The van der Waals surface area contributed by atoms with Crippen molar-refractivity contribution in [2.24, 2.45) is 0 Å². The predicted molar refractivity (Wildman–Crippen MR) is 88.2 cm³/mol. The third-order valence-electron chi connectivity index (χ3n) is 3.00. The SMILES string of the molecule is CCCNCCNC(=O)CCC(=O)c1ccc(C)cc1.Cl. The monoisotopic (exact) mass is 312 g/mol. The lowest BCUT2D eigenvalue weighted by Gasteiger charge is -2.06. The third-order valence-corrected chi connectivity index (χ3v) is 3.00. The molecule has 1 aromatic rings. The van der Waals surface area contributed by atoms with Crippen molar-refractivity contribution in [3.63, 3.8) is 0 Å². The van der Waals surface area contributed by atoms with Gasteiger partial charge in [0, 0.05) is 31.5 Å². The Morgan fingerprint density at radius 1 is 1.00 bits per heavy atom. The van der Waals surface area contributed by atoms with E-state index in [1.54, 1.807) is 0 Å². The van der Waals surface area contributed by atoms with E-state index in [-0.39, 0.29) is 36.9 Å². The van der Waals surface area contributed by atoms with Crippen LogP contribution in [0.3, 0.4) is 0 Å². The van der Waals surface area contributed by atoms with Crippen molar-refractivity contribution in [3.8, 4) is 0 Å². The second-order valence-corrected chi connectivity index (χ2v) is 4.89. The van der Waals surface area contributed by atoms with Crippen molar-refractivity contribution in [1.29, 1.82) is 0 Å². The van der Waals surface area contributed by atoms with E-state index < -0.39 is 0 Å². The molecule has 0 fully saturated rings. The Hall–Kier alpha value is -1.39. The highest BCUT2D eigenvalue weighted by Crippen LogP contribution is 2.07. The largest absolute Gasteiger partial charge is 0.355 e. The minimum atomic E-state index is -0.0660. The Morgan fingerprint density at radius 3 is 2.29 bits per heavy atom. The van der Waals surface area contributed by atoms with Crippen molar-refractivity contribution in [2.75, 3.05) is 19.6 Å². The molecule has 1 amide bonds. The first-order valence-corrected chi connectivity index (χ1v) is 7.20. The fourth-order valence-corrected chi connectivity index (χ4v) is 1.79. The number of amides is 1. The van der Waals surface area contributed by atoms with Crippen molar-refractivity contribution in [2.45, 2.75) is 33.1 Å². The molecule has 5 heteroatoms. The van der Waals surface area contributed by atoms with Crippen LogP contribution in [0.5, 0.6) is 0 Å². The molecule has 0 atom stereocenters. The van der Waals surface area contributed by atoms with Gasteiger partial charge in [0.05, 0.1) is 0 Å². The number of Topliss-reactive ketones (excluding diaryl/α,β-unsaturated/α-hetero) is 1. The van der Waals surface area contributed by atoms with E-state index in [9.17, 15) is 9.59 Å². The highest BCUT2D eigenvalue weighted by atomic mass is 35.5. The highest BCUT2D eigenvalue weighted by Gasteiger charge is 2.08. The van der Waals surface area contributed by atoms with Crippen LogP contribution in [0.1, 0.15) is 42.1 Å². The number of aryl methyl sites for hydroxylation is 1. The molecule has 1 rings (SSSR count). The fourth-order valence-electron chi connectivity index (χ4n) is 1.79. The summed E-state index contributed by atoms with van der Waals surface area (Å²) in [7, 11) is 0. The summed E-state index contributed by atoms with van der Waals surface area (Å²) in [6, 6.07) is 7.44. The summed E-state index contributed by atoms with van der Waals surface area (Å²) in [5, 5.41) is 6.01. The summed E-state index contributed by atoms with van der Waals surface area (Å²) in [5.41, 5.74) is 1.80. The minimum Gasteiger partial charge on any atom is -0.355 e. The normalized spacial score (nSPS) is 9.81. The molecule has 0 unspecified atom stereocenters. The van der Waals surface area contributed by atoms with Gasteiger partial charge in [0.15, 0.2) is 5.78 Å². The molecule has 0 aliphatic carbocycles. The van der Waals surface area contributed by atoms with Gasteiger partial charge in [0.1, 0.15) is 0 Å². The average Bonchev–Trinajstić information content (AvgIpc) is 2.45. The van der Waals surface area contributed by atoms with Crippen LogP contribution in [-0.4, -0.2) is 31.3 Å².